The fourth-order valence-corrected chi connectivity index (χ4v) is 3.23. The first-order valence-corrected chi connectivity index (χ1v) is 10.3. The van der Waals surface area contributed by atoms with Crippen LogP contribution in [-0.4, -0.2) is 21.2 Å². The molecule has 0 bridgehead atoms. The van der Waals surface area contributed by atoms with E-state index in [0.29, 0.717) is 30.7 Å². The van der Waals surface area contributed by atoms with E-state index in [-0.39, 0.29) is 17.2 Å². The number of allylic oxidation sites excluding steroid dienone is 2. The third-order valence-corrected chi connectivity index (χ3v) is 4.94. The lowest BCUT2D eigenvalue weighted by Crippen LogP contribution is -1.97. The van der Waals surface area contributed by atoms with Gasteiger partial charge in [0.05, 0.1) is 6.10 Å². The Hall–Kier alpha value is -3.18. The first-order valence-electron chi connectivity index (χ1n) is 10.3. The minimum Gasteiger partial charge on any atom is -0.393 e. The zero-order chi connectivity index (χ0) is 22.2. The molecule has 5 heteroatoms. The molecule has 0 spiro atoms. The van der Waals surface area contributed by atoms with Gasteiger partial charge in [0.25, 0.3) is 0 Å². The number of aromatic nitrogens is 2. The van der Waals surface area contributed by atoms with E-state index >= 15 is 0 Å². The average molecular weight is 421 g/mol. The first-order chi connectivity index (χ1) is 15.0. The summed E-state index contributed by atoms with van der Waals surface area (Å²) in [5, 5.41) is 9.26. The van der Waals surface area contributed by atoms with Crippen LogP contribution in [0.5, 0.6) is 0 Å². The van der Waals surface area contributed by atoms with Crippen molar-refractivity contribution in [2.24, 2.45) is 0 Å². The van der Waals surface area contributed by atoms with Crippen LogP contribution in [0.25, 0.3) is 28.6 Å². The van der Waals surface area contributed by atoms with E-state index < -0.39 is 11.6 Å². The van der Waals surface area contributed by atoms with E-state index in [9.17, 15) is 13.9 Å². The molecule has 0 saturated heterocycles. The molecule has 31 heavy (non-hydrogen) atoms. The van der Waals surface area contributed by atoms with Crippen LogP contribution in [0.1, 0.15) is 37.3 Å². The van der Waals surface area contributed by atoms with Crippen LogP contribution < -0.4 is 0 Å². The second kappa shape index (κ2) is 10.7. The molecular formula is C26H26F2N2O. The summed E-state index contributed by atoms with van der Waals surface area (Å²) in [6.45, 7) is 5.43. The summed E-state index contributed by atoms with van der Waals surface area (Å²) >= 11 is 0. The van der Waals surface area contributed by atoms with Gasteiger partial charge in [-0.1, -0.05) is 54.6 Å². The highest BCUT2D eigenvalue weighted by molar-refractivity contribution is 5.70. The van der Waals surface area contributed by atoms with Gasteiger partial charge in [-0.25, -0.2) is 18.7 Å². The number of hydrogen-bond donors (Lipinski definition) is 1. The van der Waals surface area contributed by atoms with Crippen molar-refractivity contribution < 1.29 is 13.9 Å². The number of unbranched alkanes of at least 4 members (excludes halogenated alkanes) is 1. The Bertz CT molecular complexity index is 1040. The van der Waals surface area contributed by atoms with Crippen molar-refractivity contribution in [3.63, 3.8) is 0 Å². The summed E-state index contributed by atoms with van der Waals surface area (Å²) in [5.74, 6) is -1.17. The largest absolute Gasteiger partial charge is 0.393 e. The maximum absolute atomic E-state index is 14.7. The molecule has 0 aliphatic heterocycles. The minimum absolute atomic E-state index is 0.206. The lowest BCUT2D eigenvalue weighted by molar-refractivity contribution is 0.182. The summed E-state index contributed by atoms with van der Waals surface area (Å²) in [6, 6.07) is 10.2. The summed E-state index contributed by atoms with van der Waals surface area (Å²) in [7, 11) is 0. The number of nitrogens with zero attached hydrogens (tertiary/aromatic N) is 2. The second-order valence-electron chi connectivity index (χ2n) is 7.50. The second-order valence-corrected chi connectivity index (χ2v) is 7.50. The molecule has 3 aromatic rings. The first kappa shape index (κ1) is 22.5. The van der Waals surface area contributed by atoms with Crippen molar-refractivity contribution in [3.8, 4) is 22.5 Å². The number of rotatable bonds is 9. The molecule has 0 saturated carbocycles. The molecule has 1 aromatic heterocycles. The van der Waals surface area contributed by atoms with Gasteiger partial charge in [-0.3, -0.25) is 0 Å². The zero-order valence-electron chi connectivity index (χ0n) is 17.6. The van der Waals surface area contributed by atoms with Gasteiger partial charge in [-0.15, -0.1) is 6.58 Å². The predicted molar refractivity (Wildman–Crippen MR) is 121 cm³/mol. The Morgan fingerprint density at radius 1 is 1.00 bits per heavy atom. The van der Waals surface area contributed by atoms with Crippen molar-refractivity contribution in [2.75, 3.05) is 0 Å². The molecule has 1 unspecified atom stereocenters. The lowest BCUT2D eigenvalue weighted by Gasteiger charge is -2.08. The Balaban J connectivity index is 1.74. The van der Waals surface area contributed by atoms with Crippen LogP contribution in [0.3, 0.4) is 0 Å². The highest BCUT2D eigenvalue weighted by atomic mass is 19.2. The van der Waals surface area contributed by atoms with Crippen molar-refractivity contribution in [1.82, 2.24) is 9.97 Å². The zero-order valence-corrected chi connectivity index (χ0v) is 17.6. The topological polar surface area (TPSA) is 46.0 Å². The van der Waals surface area contributed by atoms with Gasteiger partial charge in [0.2, 0.25) is 0 Å². The van der Waals surface area contributed by atoms with Crippen LogP contribution >= 0.6 is 0 Å². The average Bonchev–Trinajstić information content (AvgIpc) is 2.77. The van der Waals surface area contributed by atoms with E-state index in [1.54, 1.807) is 73.9 Å². The molecule has 1 N–H and O–H groups in total. The van der Waals surface area contributed by atoms with Gasteiger partial charge in [-0.2, -0.15) is 0 Å². The van der Waals surface area contributed by atoms with E-state index in [4.69, 9.17) is 0 Å². The standard InChI is InChI=1S/C26H26F2N2O/c1-3-7-19-16-29-26(30-17-19)22-12-10-20(11-13-22)23-15-14-21(24(27)25(23)28)9-6-4-5-8-18(2)31/h3,6,9-18,31H,1,4-5,7-8H2,2H3/b9-6+. The maximum atomic E-state index is 14.7. The molecule has 0 aliphatic rings. The molecule has 0 aliphatic carbocycles. The monoisotopic (exact) mass is 420 g/mol. The lowest BCUT2D eigenvalue weighted by atomic mass is 10.0. The highest BCUT2D eigenvalue weighted by Crippen LogP contribution is 2.28. The Kier molecular flexibility index (Phi) is 7.79. The molecule has 0 radical (unpaired) electrons. The summed E-state index contributed by atoms with van der Waals surface area (Å²) in [6.07, 6.45) is 11.2. The fraction of sp³-hybridized carbons (Fsp3) is 0.231. The number of hydrogen-bond acceptors (Lipinski definition) is 3. The van der Waals surface area contributed by atoms with Crippen LogP contribution in [0.15, 0.2) is 67.5 Å². The number of benzene rings is 2. The van der Waals surface area contributed by atoms with Crippen molar-refractivity contribution in [3.05, 3.63) is 90.3 Å². The Morgan fingerprint density at radius 3 is 2.32 bits per heavy atom. The number of aliphatic hydroxyl groups is 1. The molecule has 3 nitrogen and oxygen atoms in total. The molecule has 3 rings (SSSR count). The third-order valence-electron chi connectivity index (χ3n) is 4.94. The Labute approximate surface area is 181 Å². The quantitative estimate of drug-likeness (QED) is 0.323. The SMILES string of the molecule is C=CCc1cnc(-c2ccc(-c3ccc(/C=C/CCCC(C)O)c(F)c3F)cc2)nc1. The smallest absolute Gasteiger partial charge is 0.167 e. The van der Waals surface area contributed by atoms with Gasteiger partial charge in [0.1, 0.15) is 0 Å². The minimum atomic E-state index is -0.871. The van der Waals surface area contributed by atoms with Gasteiger partial charge in [-0.05, 0) is 43.7 Å². The normalized spacial score (nSPS) is 12.3. The summed E-state index contributed by atoms with van der Waals surface area (Å²) in [4.78, 5) is 8.70. The van der Waals surface area contributed by atoms with Gasteiger partial charge in [0, 0.05) is 29.1 Å². The highest BCUT2D eigenvalue weighted by Gasteiger charge is 2.14. The molecule has 0 amide bonds. The summed E-state index contributed by atoms with van der Waals surface area (Å²) < 4.78 is 29.2. The predicted octanol–water partition coefficient (Wildman–Crippen LogP) is 6.38. The van der Waals surface area contributed by atoms with E-state index in [1.807, 2.05) is 0 Å². The van der Waals surface area contributed by atoms with Crippen molar-refractivity contribution in [2.45, 2.75) is 38.7 Å². The summed E-state index contributed by atoms with van der Waals surface area (Å²) in [5.41, 5.74) is 2.77. The molecule has 1 atom stereocenters. The van der Waals surface area contributed by atoms with Gasteiger partial charge in [0.15, 0.2) is 17.5 Å². The third kappa shape index (κ3) is 5.92. The molecule has 160 valence electrons. The molecular weight excluding hydrogens is 394 g/mol. The van der Waals surface area contributed by atoms with Crippen molar-refractivity contribution in [1.29, 1.82) is 0 Å². The van der Waals surface area contributed by atoms with Gasteiger partial charge < -0.3 is 5.11 Å². The fourth-order valence-electron chi connectivity index (χ4n) is 3.23. The van der Waals surface area contributed by atoms with E-state index in [2.05, 4.69) is 16.5 Å². The Morgan fingerprint density at radius 2 is 1.68 bits per heavy atom. The van der Waals surface area contributed by atoms with Crippen LogP contribution in [0, 0.1) is 11.6 Å². The van der Waals surface area contributed by atoms with Gasteiger partial charge >= 0.3 is 0 Å². The number of halogens is 2. The molecule has 2 aromatic carbocycles. The van der Waals surface area contributed by atoms with Crippen LogP contribution in [-0.2, 0) is 6.42 Å². The van der Waals surface area contributed by atoms with E-state index in [0.717, 1.165) is 17.5 Å². The van der Waals surface area contributed by atoms with E-state index in [1.165, 1.54) is 0 Å². The molecule has 0 fully saturated rings. The van der Waals surface area contributed by atoms with Crippen molar-refractivity contribution >= 4 is 6.08 Å². The van der Waals surface area contributed by atoms with Crippen LogP contribution in [0.2, 0.25) is 0 Å². The molecule has 1 heterocycles. The maximum Gasteiger partial charge on any atom is 0.167 e. The number of aliphatic hydroxyl groups excluding tert-OH is 1. The van der Waals surface area contributed by atoms with Crippen LogP contribution in [0.4, 0.5) is 8.78 Å².